The largest absolute Gasteiger partial charge is 0.543 e. The van der Waals surface area contributed by atoms with E-state index in [4.69, 9.17) is 9.16 Å². The van der Waals surface area contributed by atoms with Gasteiger partial charge in [0.2, 0.25) is 8.32 Å². The number of hydrogen-bond donors (Lipinski definition) is 1. The fourth-order valence-electron chi connectivity index (χ4n) is 5.59. The van der Waals surface area contributed by atoms with Gasteiger partial charge in [0.05, 0.1) is 0 Å². The summed E-state index contributed by atoms with van der Waals surface area (Å²) in [6, 6.07) is 4.51. The zero-order chi connectivity index (χ0) is 27.1. The van der Waals surface area contributed by atoms with Crippen molar-refractivity contribution in [3.05, 3.63) is 34.9 Å². The number of fused-ring (bicyclic) bond motifs is 3. The molecule has 1 N–H and O–H groups in total. The molecule has 2 atom stereocenters. The maximum atomic E-state index is 12.0. The van der Waals surface area contributed by atoms with Crippen LogP contribution in [0.15, 0.2) is 23.8 Å². The molecule has 4 nitrogen and oxygen atoms in total. The highest BCUT2D eigenvalue weighted by atomic mass is 28.4. The summed E-state index contributed by atoms with van der Waals surface area (Å²) in [6.07, 6.45) is 9.24. The van der Waals surface area contributed by atoms with E-state index in [2.05, 4.69) is 80.6 Å². The number of benzene rings is 1. The third-order valence-electron chi connectivity index (χ3n) is 9.17. The van der Waals surface area contributed by atoms with E-state index in [1.54, 1.807) is 0 Å². The van der Waals surface area contributed by atoms with E-state index >= 15 is 0 Å². The van der Waals surface area contributed by atoms with Gasteiger partial charge >= 0.3 is 5.97 Å². The molecule has 1 aliphatic carbocycles. The Labute approximate surface area is 221 Å². The highest BCUT2D eigenvalue weighted by Gasteiger charge is 2.48. The third-order valence-corrected chi connectivity index (χ3v) is 13.5. The predicted molar refractivity (Wildman–Crippen MR) is 152 cm³/mol. The molecule has 2 aliphatic rings. The highest BCUT2D eigenvalue weighted by Crippen LogP contribution is 2.56. The summed E-state index contributed by atoms with van der Waals surface area (Å²) >= 11 is 0. The molecule has 0 aromatic heterocycles. The average molecular weight is 515 g/mol. The first-order valence-corrected chi connectivity index (χ1v) is 16.9. The van der Waals surface area contributed by atoms with Crippen LogP contribution in [0, 0.1) is 5.92 Å². The molecule has 1 aromatic rings. The summed E-state index contributed by atoms with van der Waals surface area (Å²) in [5.41, 5.74) is 2.47. The number of unbranched alkanes of at least 4 members (excludes halogenated alkanes) is 3. The van der Waals surface area contributed by atoms with Gasteiger partial charge in [-0.2, -0.15) is 0 Å². The number of ether oxygens (including phenoxy) is 1. The number of carboxylic acid groups (broad SMARTS) is 1. The lowest BCUT2D eigenvalue weighted by atomic mass is 9.66. The molecule has 0 amide bonds. The van der Waals surface area contributed by atoms with Crippen molar-refractivity contribution in [3.8, 4) is 11.5 Å². The van der Waals surface area contributed by atoms with Crippen molar-refractivity contribution < 1.29 is 19.1 Å². The van der Waals surface area contributed by atoms with Gasteiger partial charge in [-0.05, 0) is 74.4 Å². The summed E-state index contributed by atoms with van der Waals surface area (Å²) in [6.45, 7) is 22.6. The van der Waals surface area contributed by atoms with Crippen molar-refractivity contribution in [3.63, 3.8) is 0 Å². The molecule has 0 bridgehead atoms. The van der Waals surface area contributed by atoms with Crippen LogP contribution in [0.5, 0.6) is 11.5 Å². The van der Waals surface area contributed by atoms with Crippen LogP contribution in [0.1, 0.15) is 117 Å². The monoisotopic (exact) mass is 514 g/mol. The second-order valence-electron chi connectivity index (χ2n) is 13.8. The molecule has 202 valence electrons. The maximum absolute atomic E-state index is 12.0. The van der Waals surface area contributed by atoms with E-state index in [0.29, 0.717) is 18.4 Å². The van der Waals surface area contributed by atoms with Crippen LogP contribution in [0.3, 0.4) is 0 Å². The van der Waals surface area contributed by atoms with Crippen LogP contribution in [-0.2, 0) is 10.2 Å². The zero-order valence-electron chi connectivity index (χ0n) is 24.5. The van der Waals surface area contributed by atoms with E-state index in [-0.39, 0.29) is 27.9 Å². The first-order chi connectivity index (χ1) is 16.5. The normalized spacial score (nSPS) is 21.7. The van der Waals surface area contributed by atoms with Crippen molar-refractivity contribution in [2.24, 2.45) is 5.92 Å². The molecule has 0 saturated carbocycles. The van der Waals surface area contributed by atoms with Crippen LogP contribution in [0.4, 0.5) is 0 Å². The first kappa shape index (κ1) is 28.8. The van der Waals surface area contributed by atoms with Crippen LogP contribution in [0.25, 0.3) is 0 Å². The quantitative estimate of drug-likeness (QED) is 0.264. The van der Waals surface area contributed by atoms with Crippen LogP contribution >= 0.6 is 0 Å². The minimum Gasteiger partial charge on any atom is -0.543 e. The smallest absolute Gasteiger partial charge is 0.331 e. The Morgan fingerprint density at radius 3 is 2.39 bits per heavy atom. The Morgan fingerprint density at radius 2 is 1.81 bits per heavy atom. The fraction of sp³-hybridized carbons (Fsp3) is 0.710. The number of aliphatic carboxylic acids is 1. The highest BCUT2D eigenvalue weighted by molar-refractivity contribution is 6.74. The Morgan fingerprint density at radius 1 is 1.14 bits per heavy atom. The molecule has 2 unspecified atom stereocenters. The third kappa shape index (κ3) is 5.87. The lowest BCUT2D eigenvalue weighted by molar-refractivity contribution is -0.133. The minimum atomic E-state index is -2.14. The molecule has 0 spiro atoms. The summed E-state index contributed by atoms with van der Waals surface area (Å²) in [7, 11) is -2.14. The van der Waals surface area contributed by atoms with E-state index in [9.17, 15) is 9.90 Å². The number of carbonyl (C=O) groups is 1. The van der Waals surface area contributed by atoms with E-state index in [1.807, 2.05) is 6.08 Å². The van der Waals surface area contributed by atoms with Crippen molar-refractivity contribution in [2.45, 2.75) is 135 Å². The molecular formula is C31H50O4Si. The number of rotatable bonds is 9. The lowest BCUT2D eigenvalue weighted by Gasteiger charge is -2.48. The minimum absolute atomic E-state index is 0.00262. The maximum Gasteiger partial charge on any atom is 0.331 e. The molecule has 1 aliphatic heterocycles. The molecule has 0 saturated heterocycles. The van der Waals surface area contributed by atoms with E-state index in [0.717, 1.165) is 23.5 Å². The zero-order valence-corrected chi connectivity index (χ0v) is 25.5. The standard InChI is InChI=1S/C31H50O4Si/c1-11-12-13-14-17-30(5,6)22-19-25-27(26(20-22)35-36(9,10)29(2,3)4)23-18-21(28(32)33)15-16-24(23)31(7,8)34-25/h15,19-20,23-24H,11-14,16-18H2,1-10H3,(H,32,33). The van der Waals surface area contributed by atoms with Gasteiger partial charge in [-0.1, -0.05) is 73.3 Å². The molecular weight excluding hydrogens is 464 g/mol. The van der Waals surface area contributed by atoms with Crippen LogP contribution < -0.4 is 9.16 Å². The topological polar surface area (TPSA) is 55.8 Å². The molecule has 0 fully saturated rings. The van der Waals surface area contributed by atoms with Gasteiger partial charge in [0, 0.05) is 23.0 Å². The summed E-state index contributed by atoms with van der Waals surface area (Å²) in [5, 5.41) is 9.87. The van der Waals surface area contributed by atoms with Gasteiger partial charge in [0.1, 0.15) is 17.1 Å². The number of hydrogen-bond acceptors (Lipinski definition) is 3. The molecule has 1 aromatic carbocycles. The SMILES string of the molecule is CCCCCCC(C)(C)c1cc2c(c(O[Si](C)(C)C(C)(C)C)c1)C1CC(C(=O)O)=CCC1C(C)(C)O2. The van der Waals surface area contributed by atoms with E-state index in [1.165, 1.54) is 31.2 Å². The van der Waals surface area contributed by atoms with Crippen molar-refractivity contribution in [2.75, 3.05) is 0 Å². The van der Waals surface area contributed by atoms with Gasteiger partial charge in [-0.3, -0.25) is 0 Å². The summed E-state index contributed by atoms with van der Waals surface area (Å²) in [5.74, 6) is 1.29. The predicted octanol–water partition coefficient (Wildman–Crippen LogP) is 8.99. The second kappa shape index (κ2) is 10.2. The van der Waals surface area contributed by atoms with Gasteiger partial charge in [-0.25, -0.2) is 4.79 Å². The Bertz CT molecular complexity index is 997. The van der Waals surface area contributed by atoms with Crippen molar-refractivity contribution in [1.82, 2.24) is 0 Å². The van der Waals surface area contributed by atoms with Crippen LogP contribution in [0.2, 0.25) is 18.1 Å². The van der Waals surface area contributed by atoms with Gasteiger partial charge in [0.15, 0.2) is 0 Å². The Hall–Kier alpha value is -1.75. The van der Waals surface area contributed by atoms with Gasteiger partial charge in [-0.15, -0.1) is 0 Å². The van der Waals surface area contributed by atoms with Crippen molar-refractivity contribution >= 4 is 14.3 Å². The van der Waals surface area contributed by atoms with Crippen molar-refractivity contribution in [1.29, 1.82) is 0 Å². The number of allylic oxidation sites excluding steroid dienone is 1. The summed E-state index contributed by atoms with van der Waals surface area (Å²) in [4.78, 5) is 12.0. The first-order valence-electron chi connectivity index (χ1n) is 14.0. The fourth-order valence-corrected chi connectivity index (χ4v) is 6.62. The van der Waals surface area contributed by atoms with Gasteiger partial charge < -0.3 is 14.3 Å². The van der Waals surface area contributed by atoms with Crippen LogP contribution in [-0.4, -0.2) is 25.0 Å². The molecule has 1 heterocycles. The lowest BCUT2D eigenvalue weighted by Crippen LogP contribution is -2.47. The summed E-state index contributed by atoms with van der Waals surface area (Å²) < 4.78 is 13.8. The molecule has 3 rings (SSSR count). The Kier molecular flexibility index (Phi) is 8.16. The molecule has 36 heavy (non-hydrogen) atoms. The van der Waals surface area contributed by atoms with Gasteiger partial charge in [0.25, 0.3) is 0 Å². The average Bonchev–Trinajstić information content (AvgIpc) is 2.74. The second-order valence-corrected chi connectivity index (χ2v) is 18.6. The Balaban J connectivity index is 2.15. The molecule has 5 heteroatoms. The molecule has 0 radical (unpaired) electrons. The van der Waals surface area contributed by atoms with E-state index < -0.39 is 14.3 Å². The number of carboxylic acids is 1.